The minimum atomic E-state index is 0. The molecule has 0 aliphatic rings. The molecule has 2 rings (SSSR count). The molecule has 0 unspecified atom stereocenters. The van der Waals surface area contributed by atoms with E-state index in [9.17, 15) is 0 Å². The van der Waals surface area contributed by atoms with Crippen molar-refractivity contribution in [2.24, 2.45) is 0 Å². The first kappa shape index (κ1) is 9.39. The van der Waals surface area contributed by atoms with Gasteiger partial charge in [0.1, 0.15) is 0 Å². The fraction of sp³-hybridized carbons (Fsp3) is 0.0909. The maximum absolute atomic E-state index is 3.29. The zero-order valence-corrected chi connectivity index (χ0v) is 7.46. The van der Waals surface area contributed by atoms with E-state index < -0.39 is 0 Å². The van der Waals surface area contributed by atoms with Crippen molar-refractivity contribution in [3.05, 3.63) is 48.0 Å². The van der Waals surface area contributed by atoms with E-state index in [4.69, 9.17) is 0 Å². The molecule has 0 aromatic heterocycles. The normalized spacial score (nSPS) is 9.42. The molecule has 0 aliphatic heterocycles. The second kappa shape index (κ2) is 3.80. The predicted molar refractivity (Wildman–Crippen MR) is 47.5 cm³/mol. The van der Waals surface area contributed by atoms with Crippen LogP contribution in [0.1, 0.15) is 5.56 Å². The van der Waals surface area contributed by atoms with E-state index in [1.54, 1.807) is 0 Å². The molecule has 0 aliphatic carbocycles. The average molecular weight is 148 g/mol. The van der Waals surface area contributed by atoms with E-state index in [0.717, 1.165) is 0 Å². The van der Waals surface area contributed by atoms with Gasteiger partial charge in [-0.1, -0.05) is 19.1 Å². The van der Waals surface area contributed by atoms with Crippen molar-refractivity contribution >= 4 is 10.8 Å². The van der Waals surface area contributed by atoms with Gasteiger partial charge in [0, 0.05) is 0 Å². The van der Waals surface area contributed by atoms with Gasteiger partial charge in [-0.2, -0.15) is 0 Å². The van der Waals surface area contributed by atoms with E-state index >= 15 is 0 Å². The summed E-state index contributed by atoms with van der Waals surface area (Å²) in [6, 6.07) is 15.8. The Hall–Kier alpha value is -0.703. The number of aryl methyl sites for hydroxylation is 1. The molecule has 2 aromatic rings. The van der Waals surface area contributed by atoms with Crippen LogP contribution in [-0.2, 0) is 0 Å². The molecule has 0 nitrogen and oxygen atoms in total. The van der Waals surface area contributed by atoms with Gasteiger partial charge >= 0.3 is 18.9 Å². The first-order valence-electron chi connectivity index (χ1n) is 3.74. The van der Waals surface area contributed by atoms with Crippen molar-refractivity contribution in [1.82, 2.24) is 0 Å². The number of hydrogen-bond donors (Lipinski definition) is 0. The molecule has 0 bridgehead atoms. The van der Waals surface area contributed by atoms with Crippen LogP contribution in [0.5, 0.6) is 0 Å². The van der Waals surface area contributed by atoms with E-state index in [1.807, 2.05) is 12.1 Å². The fourth-order valence-electron chi connectivity index (χ4n) is 1.23. The summed E-state index contributed by atoms with van der Waals surface area (Å²) < 4.78 is 0. The van der Waals surface area contributed by atoms with Crippen molar-refractivity contribution in [2.45, 2.75) is 6.92 Å². The summed E-state index contributed by atoms with van der Waals surface area (Å²) in [6.45, 7) is 2.06. The van der Waals surface area contributed by atoms with Crippen LogP contribution in [0.3, 0.4) is 0 Å². The maximum Gasteiger partial charge on any atom is 1.00 e. The van der Waals surface area contributed by atoms with Crippen LogP contribution >= 0.6 is 0 Å². The van der Waals surface area contributed by atoms with Crippen LogP contribution in [0.15, 0.2) is 36.4 Å². The average Bonchev–Trinajstić information content (AvgIpc) is 2.04. The van der Waals surface area contributed by atoms with Crippen LogP contribution in [0.25, 0.3) is 10.8 Å². The van der Waals surface area contributed by atoms with Gasteiger partial charge in [-0.25, -0.2) is 0 Å². The molecule has 0 spiro atoms. The van der Waals surface area contributed by atoms with Gasteiger partial charge in [0.05, 0.1) is 0 Å². The zero-order chi connectivity index (χ0) is 7.68. The molecule has 54 valence electrons. The molecule has 0 radical (unpaired) electrons. The van der Waals surface area contributed by atoms with Gasteiger partial charge in [-0.15, -0.1) is 46.7 Å². The van der Waals surface area contributed by atoms with Gasteiger partial charge in [0.25, 0.3) is 0 Å². The Balaban J connectivity index is 0.000000720. The number of benzene rings is 2. The molecule has 0 N–H and O–H groups in total. The summed E-state index contributed by atoms with van der Waals surface area (Å²) in [6.07, 6.45) is 0. The summed E-state index contributed by atoms with van der Waals surface area (Å²) in [7, 11) is 0. The summed E-state index contributed by atoms with van der Waals surface area (Å²) in [4.78, 5) is 0. The molecule has 1 heteroatoms. The summed E-state index contributed by atoms with van der Waals surface area (Å²) in [5, 5.41) is 2.46. The van der Waals surface area contributed by atoms with Gasteiger partial charge in [0.2, 0.25) is 0 Å². The summed E-state index contributed by atoms with van der Waals surface area (Å²) in [5.74, 6) is 0. The van der Waals surface area contributed by atoms with Crippen LogP contribution in [0.4, 0.5) is 0 Å². The summed E-state index contributed by atoms with van der Waals surface area (Å²) >= 11 is 0. The second-order valence-electron chi connectivity index (χ2n) is 2.73. The van der Waals surface area contributed by atoms with Gasteiger partial charge in [-0.3, -0.25) is 0 Å². The third-order valence-corrected chi connectivity index (χ3v) is 1.81. The maximum atomic E-state index is 3.29. The van der Waals surface area contributed by atoms with Gasteiger partial charge in [0.15, 0.2) is 0 Å². The van der Waals surface area contributed by atoms with Gasteiger partial charge in [-0.05, 0) is 0 Å². The first-order valence-corrected chi connectivity index (χ1v) is 3.74. The van der Waals surface area contributed by atoms with Crippen LogP contribution in [0.2, 0.25) is 0 Å². The van der Waals surface area contributed by atoms with Crippen molar-refractivity contribution in [1.29, 1.82) is 0 Å². The molecule has 0 fully saturated rings. The van der Waals surface area contributed by atoms with E-state index in [-0.39, 0.29) is 18.9 Å². The van der Waals surface area contributed by atoms with Crippen molar-refractivity contribution in [3.63, 3.8) is 0 Å². The Morgan fingerprint density at radius 1 is 1.00 bits per heavy atom. The monoisotopic (exact) mass is 148 g/mol. The first-order chi connectivity index (χ1) is 5.36. The fourth-order valence-corrected chi connectivity index (χ4v) is 1.23. The Bertz CT molecular complexity index is 379. The predicted octanol–water partition coefficient (Wildman–Crippen LogP) is -0.0476. The largest absolute Gasteiger partial charge is 1.00 e. The second-order valence-corrected chi connectivity index (χ2v) is 2.73. The zero-order valence-electron chi connectivity index (χ0n) is 7.46. The topological polar surface area (TPSA) is 0 Å². The minimum Gasteiger partial charge on any atom is -0.143 e. The quantitative estimate of drug-likeness (QED) is 0.363. The van der Waals surface area contributed by atoms with E-state index in [2.05, 4.69) is 37.3 Å². The standard InChI is InChI=1S/C11H9.Li/c1-9-6-7-10-4-2-3-5-11(10)8-9;/h2-7H,1H3;/q-1;+1. The van der Waals surface area contributed by atoms with E-state index in [0.29, 0.717) is 0 Å². The third-order valence-electron chi connectivity index (χ3n) is 1.81. The van der Waals surface area contributed by atoms with Crippen LogP contribution in [-0.4, -0.2) is 0 Å². The molecule has 0 heterocycles. The number of fused-ring (bicyclic) bond motifs is 1. The van der Waals surface area contributed by atoms with Crippen LogP contribution in [0, 0.1) is 13.0 Å². The van der Waals surface area contributed by atoms with Crippen molar-refractivity contribution < 1.29 is 18.9 Å². The third kappa shape index (κ3) is 1.72. The van der Waals surface area contributed by atoms with Crippen molar-refractivity contribution in [2.75, 3.05) is 0 Å². The SMILES string of the molecule is Cc1[c-]c2ccccc2cc1.[Li+]. The number of rotatable bonds is 0. The Kier molecular flexibility index (Phi) is 2.98. The molecule has 0 saturated carbocycles. The van der Waals surface area contributed by atoms with E-state index in [1.165, 1.54) is 16.3 Å². The van der Waals surface area contributed by atoms with Crippen molar-refractivity contribution in [3.8, 4) is 0 Å². The smallest absolute Gasteiger partial charge is 0.143 e. The molecular weight excluding hydrogens is 139 g/mol. The molecule has 0 amide bonds. The molecule has 0 atom stereocenters. The summed E-state index contributed by atoms with van der Waals surface area (Å²) in [5.41, 5.74) is 1.20. The van der Waals surface area contributed by atoms with Gasteiger partial charge < -0.3 is 0 Å². The molecular formula is C11H9Li. The molecule has 0 saturated heterocycles. The Labute approximate surface area is 84.8 Å². The number of hydrogen-bond acceptors (Lipinski definition) is 0. The Morgan fingerprint density at radius 2 is 1.75 bits per heavy atom. The Morgan fingerprint density at radius 3 is 2.58 bits per heavy atom. The van der Waals surface area contributed by atoms with Crippen LogP contribution < -0.4 is 18.9 Å². The molecule has 12 heavy (non-hydrogen) atoms. The molecule has 2 aromatic carbocycles. The minimum absolute atomic E-state index is 0.